The van der Waals surface area contributed by atoms with E-state index >= 15 is 0 Å². The van der Waals surface area contributed by atoms with Crippen LogP contribution in [0.2, 0.25) is 0 Å². The standard InChI is InChI=1S/C28H28N2O2/c31-27-24(9-4-15-29-27)17-20-10-12-22(13-11-20)23-7-3-8-25(18-23)28(32)30-16-14-21-5-1-2-6-26(21)19-30/h1-3,5-8,10-13,18,24H,4,9,14-17,19H2,(H,29,31)/t24-/m1/s1. The third kappa shape index (κ3) is 4.31. The zero-order valence-corrected chi connectivity index (χ0v) is 18.2. The Kier molecular flexibility index (Phi) is 5.76. The third-order valence-corrected chi connectivity index (χ3v) is 6.70. The molecule has 5 rings (SSSR count). The Hall–Kier alpha value is -3.40. The van der Waals surface area contributed by atoms with Crippen molar-refractivity contribution in [3.05, 3.63) is 95.1 Å². The fourth-order valence-electron chi connectivity index (χ4n) is 4.83. The molecule has 0 unspecified atom stereocenters. The number of piperidine rings is 1. The van der Waals surface area contributed by atoms with E-state index in [4.69, 9.17) is 0 Å². The molecule has 2 aliphatic rings. The summed E-state index contributed by atoms with van der Waals surface area (Å²) in [4.78, 5) is 27.2. The minimum atomic E-state index is 0.0743. The van der Waals surface area contributed by atoms with E-state index in [1.54, 1.807) is 0 Å². The van der Waals surface area contributed by atoms with Gasteiger partial charge >= 0.3 is 0 Å². The normalized spacial score (nSPS) is 18.1. The molecule has 0 aromatic heterocycles. The van der Waals surface area contributed by atoms with E-state index in [1.807, 2.05) is 35.2 Å². The molecule has 162 valence electrons. The van der Waals surface area contributed by atoms with E-state index in [-0.39, 0.29) is 17.7 Å². The summed E-state index contributed by atoms with van der Waals surface area (Å²) >= 11 is 0. The molecule has 1 fully saturated rings. The first-order chi connectivity index (χ1) is 15.7. The number of benzene rings is 3. The molecule has 0 spiro atoms. The number of nitrogens with one attached hydrogen (secondary N) is 1. The maximum Gasteiger partial charge on any atom is 0.254 e. The largest absolute Gasteiger partial charge is 0.356 e. The maximum atomic E-state index is 13.2. The van der Waals surface area contributed by atoms with Gasteiger partial charge < -0.3 is 10.2 Å². The summed E-state index contributed by atoms with van der Waals surface area (Å²) in [6, 6.07) is 24.7. The SMILES string of the molecule is O=C1NCCC[C@@H]1Cc1ccc(-c2cccc(C(=O)N3CCc4ccccc4C3)c2)cc1. The highest BCUT2D eigenvalue weighted by Gasteiger charge is 2.23. The first-order valence-electron chi connectivity index (χ1n) is 11.5. The lowest BCUT2D eigenvalue weighted by Crippen LogP contribution is -2.37. The van der Waals surface area contributed by atoms with Gasteiger partial charge in [-0.15, -0.1) is 0 Å². The number of amides is 2. The van der Waals surface area contributed by atoms with Crippen molar-refractivity contribution in [2.75, 3.05) is 13.1 Å². The predicted molar refractivity (Wildman–Crippen MR) is 126 cm³/mol. The minimum absolute atomic E-state index is 0.0743. The van der Waals surface area contributed by atoms with Gasteiger partial charge in [0.1, 0.15) is 0 Å². The van der Waals surface area contributed by atoms with E-state index in [0.29, 0.717) is 6.54 Å². The summed E-state index contributed by atoms with van der Waals surface area (Å²) in [6.45, 7) is 2.22. The zero-order chi connectivity index (χ0) is 21.9. The van der Waals surface area contributed by atoms with Gasteiger partial charge in [0.05, 0.1) is 0 Å². The molecule has 2 amide bonds. The van der Waals surface area contributed by atoms with Crippen LogP contribution in [-0.4, -0.2) is 29.8 Å². The highest BCUT2D eigenvalue weighted by molar-refractivity contribution is 5.95. The van der Waals surface area contributed by atoms with Crippen LogP contribution in [-0.2, 0) is 24.2 Å². The summed E-state index contributed by atoms with van der Waals surface area (Å²) in [5, 5.41) is 2.96. The molecule has 32 heavy (non-hydrogen) atoms. The van der Waals surface area contributed by atoms with Crippen molar-refractivity contribution >= 4 is 11.8 Å². The molecule has 0 radical (unpaired) electrons. The number of fused-ring (bicyclic) bond motifs is 1. The molecule has 3 aromatic carbocycles. The van der Waals surface area contributed by atoms with E-state index in [1.165, 1.54) is 16.7 Å². The van der Waals surface area contributed by atoms with Crippen molar-refractivity contribution < 1.29 is 9.59 Å². The first-order valence-corrected chi connectivity index (χ1v) is 11.5. The van der Waals surface area contributed by atoms with E-state index in [0.717, 1.165) is 55.5 Å². The third-order valence-electron chi connectivity index (χ3n) is 6.70. The van der Waals surface area contributed by atoms with Crippen LogP contribution in [0.4, 0.5) is 0 Å². The topological polar surface area (TPSA) is 49.4 Å². The molecule has 0 saturated carbocycles. The van der Waals surface area contributed by atoms with Gasteiger partial charge in [-0.25, -0.2) is 0 Å². The van der Waals surface area contributed by atoms with Crippen LogP contribution in [0.25, 0.3) is 11.1 Å². The molecule has 1 atom stereocenters. The molecule has 2 heterocycles. The number of rotatable bonds is 4. The van der Waals surface area contributed by atoms with Crippen molar-refractivity contribution in [2.24, 2.45) is 5.92 Å². The Balaban J connectivity index is 1.29. The lowest BCUT2D eigenvalue weighted by molar-refractivity contribution is -0.126. The van der Waals surface area contributed by atoms with Gasteiger partial charge in [-0.1, -0.05) is 60.7 Å². The molecular weight excluding hydrogens is 396 g/mol. The smallest absolute Gasteiger partial charge is 0.254 e. The summed E-state index contributed by atoms with van der Waals surface area (Å²) in [5.74, 6) is 0.332. The Morgan fingerprint density at radius 1 is 0.938 bits per heavy atom. The first kappa shape index (κ1) is 20.5. The second-order valence-electron chi connectivity index (χ2n) is 8.86. The second kappa shape index (κ2) is 8.99. The summed E-state index contributed by atoms with van der Waals surface area (Å²) in [6.07, 6.45) is 3.69. The highest BCUT2D eigenvalue weighted by Crippen LogP contribution is 2.25. The van der Waals surface area contributed by atoms with Crippen molar-refractivity contribution in [3.63, 3.8) is 0 Å². The number of nitrogens with zero attached hydrogens (tertiary/aromatic N) is 1. The Morgan fingerprint density at radius 3 is 2.56 bits per heavy atom. The fraction of sp³-hybridized carbons (Fsp3) is 0.286. The van der Waals surface area contributed by atoms with Crippen LogP contribution in [0, 0.1) is 5.92 Å². The number of hydrogen-bond donors (Lipinski definition) is 1. The lowest BCUT2D eigenvalue weighted by Gasteiger charge is -2.29. The molecule has 1 saturated heterocycles. The fourth-order valence-corrected chi connectivity index (χ4v) is 4.83. The van der Waals surface area contributed by atoms with Crippen LogP contribution in [0.3, 0.4) is 0 Å². The van der Waals surface area contributed by atoms with Crippen molar-refractivity contribution in [3.8, 4) is 11.1 Å². The van der Waals surface area contributed by atoms with Crippen LogP contribution < -0.4 is 5.32 Å². The van der Waals surface area contributed by atoms with Crippen molar-refractivity contribution in [1.29, 1.82) is 0 Å². The molecule has 2 aliphatic heterocycles. The second-order valence-corrected chi connectivity index (χ2v) is 8.86. The van der Waals surface area contributed by atoms with Gasteiger partial charge in [-0.3, -0.25) is 9.59 Å². The van der Waals surface area contributed by atoms with E-state index in [9.17, 15) is 9.59 Å². The van der Waals surface area contributed by atoms with E-state index < -0.39 is 0 Å². The van der Waals surface area contributed by atoms with Crippen LogP contribution in [0.5, 0.6) is 0 Å². The predicted octanol–water partition coefficient (Wildman–Crippen LogP) is 4.62. The van der Waals surface area contributed by atoms with E-state index in [2.05, 4.69) is 47.8 Å². The lowest BCUT2D eigenvalue weighted by atomic mass is 9.91. The Labute approximate surface area is 189 Å². The highest BCUT2D eigenvalue weighted by atomic mass is 16.2. The van der Waals surface area contributed by atoms with Gasteiger partial charge in [0.15, 0.2) is 0 Å². The molecule has 0 bridgehead atoms. The quantitative estimate of drug-likeness (QED) is 0.664. The Morgan fingerprint density at radius 2 is 1.75 bits per heavy atom. The average Bonchev–Trinajstić information content (AvgIpc) is 2.85. The average molecular weight is 425 g/mol. The van der Waals surface area contributed by atoms with Crippen molar-refractivity contribution in [2.45, 2.75) is 32.2 Å². The van der Waals surface area contributed by atoms with Gasteiger partial charge in [-0.05, 0) is 65.6 Å². The minimum Gasteiger partial charge on any atom is -0.356 e. The number of hydrogen-bond acceptors (Lipinski definition) is 2. The molecule has 1 N–H and O–H groups in total. The Bertz CT molecular complexity index is 1140. The van der Waals surface area contributed by atoms with Gasteiger partial charge in [0.25, 0.3) is 5.91 Å². The zero-order valence-electron chi connectivity index (χ0n) is 18.2. The number of carbonyl (C=O) groups is 2. The molecule has 3 aromatic rings. The van der Waals surface area contributed by atoms with Crippen LogP contribution in [0.1, 0.15) is 39.9 Å². The van der Waals surface area contributed by atoms with Crippen LogP contribution in [0.15, 0.2) is 72.8 Å². The molecule has 4 heteroatoms. The van der Waals surface area contributed by atoms with Gasteiger partial charge in [0.2, 0.25) is 5.91 Å². The number of carbonyl (C=O) groups excluding carboxylic acids is 2. The maximum absolute atomic E-state index is 13.2. The van der Waals surface area contributed by atoms with Crippen LogP contribution >= 0.6 is 0 Å². The molecule has 4 nitrogen and oxygen atoms in total. The molecular formula is C28H28N2O2. The molecule has 0 aliphatic carbocycles. The van der Waals surface area contributed by atoms with Gasteiger partial charge in [-0.2, -0.15) is 0 Å². The van der Waals surface area contributed by atoms with Crippen molar-refractivity contribution in [1.82, 2.24) is 10.2 Å². The van der Waals surface area contributed by atoms with Gasteiger partial charge in [0, 0.05) is 31.1 Å². The summed E-state index contributed by atoms with van der Waals surface area (Å²) < 4.78 is 0. The summed E-state index contributed by atoms with van der Waals surface area (Å²) in [5.41, 5.74) is 6.61. The summed E-state index contributed by atoms with van der Waals surface area (Å²) in [7, 11) is 0. The monoisotopic (exact) mass is 424 g/mol.